The van der Waals surface area contributed by atoms with E-state index < -0.39 is 0 Å². The van der Waals surface area contributed by atoms with Crippen LogP contribution in [0.3, 0.4) is 0 Å². The Kier molecular flexibility index (Phi) is 5.85. The number of nitrogens with one attached hydrogen (secondary N) is 1. The summed E-state index contributed by atoms with van der Waals surface area (Å²) < 4.78 is 0. The summed E-state index contributed by atoms with van der Waals surface area (Å²) in [7, 11) is 0. The third kappa shape index (κ3) is 4.18. The predicted molar refractivity (Wildman–Crippen MR) is 61.8 cm³/mol. The zero-order valence-corrected chi connectivity index (χ0v) is 9.65. The molecule has 0 heterocycles. The molecule has 5 heteroatoms. The van der Waals surface area contributed by atoms with E-state index in [1.807, 2.05) is 0 Å². The van der Waals surface area contributed by atoms with Crippen molar-refractivity contribution in [2.45, 2.75) is 44.6 Å². The Balaban J connectivity index is 2.32. The van der Waals surface area contributed by atoms with Crippen LogP contribution in [0.4, 0.5) is 4.79 Å². The van der Waals surface area contributed by atoms with Crippen LogP contribution in [0.5, 0.6) is 0 Å². The van der Waals surface area contributed by atoms with E-state index in [2.05, 4.69) is 5.32 Å². The van der Waals surface area contributed by atoms with Gasteiger partial charge in [-0.2, -0.15) is 0 Å². The highest BCUT2D eigenvalue weighted by Gasteiger charge is 2.18. The molecule has 0 unspecified atom stereocenters. The van der Waals surface area contributed by atoms with E-state index >= 15 is 0 Å². The van der Waals surface area contributed by atoms with Crippen molar-refractivity contribution < 1.29 is 9.59 Å². The standard InChI is InChI=1S/C11H21N3O2/c12-7-4-8-14(9-15)11(16)13-10-5-2-1-3-6-10/h9-10H,1-8,12H2,(H,13,16). The summed E-state index contributed by atoms with van der Waals surface area (Å²) in [4.78, 5) is 23.6. The second kappa shape index (κ2) is 7.22. The van der Waals surface area contributed by atoms with Gasteiger partial charge in [0.05, 0.1) is 0 Å². The van der Waals surface area contributed by atoms with E-state index in [1.165, 1.54) is 11.3 Å². The summed E-state index contributed by atoms with van der Waals surface area (Å²) in [6.45, 7) is 0.888. The molecule has 0 radical (unpaired) electrons. The Morgan fingerprint density at radius 3 is 2.62 bits per heavy atom. The van der Waals surface area contributed by atoms with Crippen molar-refractivity contribution in [3.8, 4) is 0 Å². The molecule has 1 saturated carbocycles. The summed E-state index contributed by atoms with van der Waals surface area (Å²) >= 11 is 0. The van der Waals surface area contributed by atoms with E-state index in [4.69, 9.17) is 5.73 Å². The largest absolute Gasteiger partial charge is 0.335 e. The van der Waals surface area contributed by atoms with Crippen LogP contribution in [0, 0.1) is 0 Å². The first kappa shape index (κ1) is 13.0. The van der Waals surface area contributed by atoms with Crippen molar-refractivity contribution in [3.05, 3.63) is 0 Å². The first-order chi connectivity index (χ1) is 7.77. The summed E-state index contributed by atoms with van der Waals surface area (Å²) in [5, 5.41) is 2.89. The zero-order valence-electron chi connectivity index (χ0n) is 9.65. The van der Waals surface area contributed by atoms with Gasteiger partial charge in [-0.25, -0.2) is 4.79 Å². The predicted octanol–water partition coefficient (Wildman–Crippen LogP) is 0.836. The van der Waals surface area contributed by atoms with Gasteiger partial charge in [-0.1, -0.05) is 19.3 Å². The molecule has 1 fully saturated rings. The average Bonchev–Trinajstić information content (AvgIpc) is 2.31. The fourth-order valence-electron chi connectivity index (χ4n) is 1.97. The quantitative estimate of drug-likeness (QED) is 0.683. The van der Waals surface area contributed by atoms with Gasteiger partial charge < -0.3 is 11.1 Å². The van der Waals surface area contributed by atoms with Gasteiger partial charge in [0.15, 0.2) is 0 Å². The number of carbonyl (C=O) groups is 2. The number of rotatable bonds is 5. The highest BCUT2D eigenvalue weighted by Crippen LogP contribution is 2.17. The van der Waals surface area contributed by atoms with Gasteiger partial charge in [-0.3, -0.25) is 9.69 Å². The van der Waals surface area contributed by atoms with E-state index in [9.17, 15) is 9.59 Å². The Morgan fingerprint density at radius 1 is 1.38 bits per heavy atom. The van der Waals surface area contributed by atoms with Crippen molar-refractivity contribution in [2.24, 2.45) is 5.73 Å². The number of nitrogens with zero attached hydrogens (tertiary/aromatic N) is 1. The Morgan fingerprint density at radius 2 is 2.06 bits per heavy atom. The number of carbonyl (C=O) groups excluding carboxylic acids is 2. The van der Waals surface area contributed by atoms with Crippen molar-refractivity contribution >= 4 is 12.4 Å². The van der Waals surface area contributed by atoms with Crippen molar-refractivity contribution in [1.82, 2.24) is 10.2 Å². The monoisotopic (exact) mass is 227 g/mol. The van der Waals surface area contributed by atoms with Crippen LogP contribution in [0.15, 0.2) is 0 Å². The fourth-order valence-corrected chi connectivity index (χ4v) is 1.97. The Bertz CT molecular complexity index is 227. The first-order valence-electron chi connectivity index (χ1n) is 6.00. The Labute approximate surface area is 96.4 Å². The van der Waals surface area contributed by atoms with Gasteiger partial charge in [0, 0.05) is 12.6 Å². The number of urea groups is 1. The minimum absolute atomic E-state index is 0.238. The fraction of sp³-hybridized carbons (Fsp3) is 0.818. The Hall–Kier alpha value is -1.10. The van der Waals surface area contributed by atoms with Crippen molar-refractivity contribution in [3.63, 3.8) is 0 Å². The molecule has 0 aromatic carbocycles. The molecule has 0 aromatic heterocycles. The maximum atomic E-state index is 11.7. The van der Waals surface area contributed by atoms with E-state index in [1.54, 1.807) is 0 Å². The molecule has 0 bridgehead atoms. The molecule has 1 aliphatic rings. The second-order valence-corrected chi connectivity index (χ2v) is 4.23. The van der Waals surface area contributed by atoms with Crippen LogP contribution >= 0.6 is 0 Å². The molecule has 1 rings (SSSR count). The molecule has 16 heavy (non-hydrogen) atoms. The van der Waals surface area contributed by atoms with Crippen molar-refractivity contribution in [1.29, 1.82) is 0 Å². The average molecular weight is 227 g/mol. The van der Waals surface area contributed by atoms with Gasteiger partial charge in [0.1, 0.15) is 0 Å². The molecule has 0 atom stereocenters. The summed E-state index contributed by atoms with van der Waals surface area (Å²) in [6, 6.07) is -0.0445. The molecule has 5 nitrogen and oxygen atoms in total. The first-order valence-corrected chi connectivity index (χ1v) is 6.00. The molecular weight excluding hydrogens is 206 g/mol. The summed E-state index contributed by atoms with van der Waals surface area (Å²) in [5.41, 5.74) is 5.34. The van der Waals surface area contributed by atoms with Gasteiger partial charge in [-0.15, -0.1) is 0 Å². The minimum atomic E-state index is -0.282. The number of hydrogen-bond acceptors (Lipinski definition) is 3. The van der Waals surface area contributed by atoms with Crippen LogP contribution in [0.25, 0.3) is 0 Å². The maximum Gasteiger partial charge on any atom is 0.324 e. The second-order valence-electron chi connectivity index (χ2n) is 4.23. The molecule has 3 N–H and O–H groups in total. The molecule has 0 spiro atoms. The topological polar surface area (TPSA) is 75.4 Å². The van der Waals surface area contributed by atoms with Crippen LogP contribution in [-0.4, -0.2) is 36.5 Å². The molecule has 3 amide bonds. The number of hydrogen-bond donors (Lipinski definition) is 2. The highest BCUT2D eigenvalue weighted by molar-refractivity contribution is 5.84. The van der Waals surface area contributed by atoms with Crippen molar-refractivity contribution in [2.75, 3.05) is 13.1 Å². The van der Waals surface area contributed by atoms with E-state index in [0.717, 1.165) is 25.7 Å². The normalized spacial score (nSPS) is 16.8. The lowest BCUT2D eigenvalue weighted by Crippen LogP contribution is -2.45. The van der Waals surface area contributed by atoms with E-state index in [-0.39, 0.29) is 12.1 Å². The van der Waals surface area contributed by atoms with Crippen LogP contribution in [-0.2, 0) is 4.79 Å². The van der Waals surface area contributed by atoms with Crippen LogP contribution in [0.1, 0.15) is 38.5 Å². The van der Waals surface area contributed by atoms with Crippen LogP contribution in [0.2, 0.25) is 0 Å². The van der Waals surface area contributed by atoms with Gasteiger partial charge in [-0.05, 0) is 25.8 Å². The summed E-state index contributed by atoms with van der Waals surface area (Å²) in [6.07, 6.45) is 6.84. The lowest BCUT2D eigenvalue weighted by molar-refractivity contribution is -0.115. The van der Waals surface area contributed by atoms with Crippen LogP contribution < -0.4 is 11.1 Å². The molecule has 92 valence electrons. The number of imide groups is 1. The zero-order chi connectivity index (χ0) is 11.8. The lowest BCUT2D eigenvalue weighted by atomic mass is 9.96. The van der Waals surface area contributed by atoms with Gasteiger partial charge in [0.25, 0.3) is 0 Å². The minimum Gasteiger partial charge on any atom is -0.335 e. The number of nitrogens with two attached hydrogens (primary N) is 1. The molecular formula is C11H21N3O2. The molecule has 0 saturated heterocycles. The highest BCUT2D eigenvalue weighted by atomic mass is 16.2. The number of amides is 3. The lowest BCUT2D eigenvalue weighted by Gasteiger charge is -2.25. The molecule has 0 aliphatic heterocycles. The molecule has 1 aliphatic carbocycles. The maximum absolute atomic E-state index is 11.7. The third-order valence-electron chi connectivity index (χ3n) is 2.92. The van der Waals surface area contributed by atoms with Gasteiger partial charge in [0.2, 0.25) is 6.41 Å². The SMILES string of the molecule is NCCCN(C=O)C(=O)NC1CCCCC1. The third-order valence-corrected chi connectivity index (χ3v) is 2.92. The van der Waals surface area contributed by atoms with E-state index in [0.29, 0.717) is 25.9 Å². The van der Waals surface area contributed by atoms with Gasteiger partial charge >= 0.3 is 6.03 Å². The summed E-state index contributed by atoms with van der Waals surface area (Å²) in [5.74, 6) is 0. The molecule has 0 aromatic rings. The smallest absolute Gasteiger partial charge is 0.324 e.